The van der Waals surface area contributed by atoms with Gasteiger partial charge in [0.05, 0.1) is 11.8 Å². The fourth-order valence-electron chi connectivity index (χ4n) is 4.45. The Hall–Kier alpha value is -1.91. The highest BCUT2D eigenvalue weighted by Crippen LogP contribution is 2.47. The summed E-state index contributed by atoms with van der Waals surface area (Å²) in [5.74, 6) is -2.57. The summed E-state index contributed by atoms with van der Waals surface area (Å²) in [6.07, 6.45) is 9.68. The Balaban J connectivity index is 2.12. The molecule has 2 rings (SSSR count). The predicted molar refractivity (Wildman–Crippen MR) is 114 cm³/mol. The average Bonchev–Trinajstić information content (AvgIpc) is 2.91. The number of carboxylic acid groups (broad SMARTS) is 1. The first-order chi connectivity index (χ1) is 13.5. The third-order valence-electron chi connectivity index (χ3n) is 7.66. The fraction of sp³-hybridized carbons (Fsp3) is 0.708. The first kappa shape index (κ1) is 23.4. The molecule has 2 amide bonds. The topological polar surface area (TPSA) is 74.7 Å². The van der Waals surface area contributed by atoms with Crippen LogP contribution in [0.25, 0.3) is 0 Å². The van der Waals surface area contributed by atoms with Gasteiger partial charge in [0, 0.05) is 0 Å². The third kappa shape index (κ3) is 4.81. The van der Waals surface area contributed by atoms with Crippen molar-refractivity contribution in [3.8, 4) is 0 Å². The van der Waals surface area contributed by atoms with E-state index in [0.29, 0.717) is 12.8 Å². The molecule has 1 aliphatic carbocycles. The molecule has 1 aliphatic heterocycles. The molecule has 0 bridgehead atoms. The van der Waals surface area contributed by atoms with Gasteiger partial charge in [-0.15, -0.1) is 0 Å². The van der Waals surface area contributed by atoms with Crippen LogP contribution in [0.2, 0.25) is 0 Å². The van der Waals surface area contributed by atoms with Gasteiger partial charge in [-0.05, 0) is 56.3 Å². The van der Waals surface area contributed by atoms with Crippen LogP contribution in [0.4, 0.5) is 0 Å². The third-order valence-corrected chi connectivity index (χ3v) is 7.66. The monoisotopic (exact) mass is 403 g/mol. The van der Waals surface area contributed by atoms with E-state index in [2.05, 4.69) is 53.7 Å². The minimum absolute atomic E-state index is 0.0122. The Labute approximate surface area is 175 Å². The molecule has 29 heavy (non-hydrogen) atoms. The van der Waals surface area contributed by atoms with Crippen LogP contribution >= 0.6 is 0 Å². The van der Waals surface area contributed by atoms with Crippen molar-refractivity contribution in [2.75, 3.05) is 6.54 Å². The largest absolute Gasteiger partial charge is 0.480 e. The molecule has 0 spiro atoms. The van der Waals surface area contributed by atoms with E-state index in [1.54, 1.807) is 0 Å². The molecule has 3 atom stereocenters. The summed E-state index contributed by atoms with van der Waals surface area (Å²) in [6, 6.07) is 0. The van der Waals surface area contributed by atoms with Crippen LogP contribution in [0.15, 0.2) is 23.3 Å². The number of rotatable bonds is 9. The maximum atomic E-state index is 12.7. The standard InChI is InChI=1S/C24H37NO4/c1-7-23(4,5)16(3)10-9-13-24(6,8-2)17-11-12-18-19(14-17)22(29)25(21(18)28)15-20(26)27/h10-11,18-19H,7-9,12-15H2,1-6H3,(H,26,27)/b16-10+. The molecule has 1 saturated heterocycles. The number of carbonyl (C=O) groups excluding carboxylic acids is 2. The average molecular weight is 404 g/mol. The zero-order valence-corrected chi connectivity index (χ0v) is 18.9. The van der Waals surface area contributed by atoms with Gasteiger partial charge in [0.15, 0.2) is 0 Å². The minimum Gasteiger partial charge on any atom is -0.480 e. The van der Waals surface area contributed by atoms with Gasteiger partial charge in [-0.2, -0.15) is 0 Å². The summed E-state index contributed by atoms with van der Waals surface area (Å²) >= 11 is 0. The number of amides is 2. The second-order valence-corrected chi connectivity index (χ2v) is 9.62. The van der Waals surface area contributed by atoms with E-state index in [9.17, 15) is 14.4 Å². The highest BCUT2D eigenvalue weighted by Gasteiger charge is 2.50. The predicted octanol–water partition coefficient (Wildman–Crippen LogP) is 4.97. The second-order valence-electron chi connectivity index (χ2n) is 9.62. The molecule has 1 N–H and O–H groups in total. The quantitative estimate of drug-likeness (QED) is 0.436. The first-order valence-corrected chi connectivity index (χ1v) is 10.9. The first-order valence-electron chi connectivity index (χ1n) is 10.9. The Morgan fingerprint density at radius 1 is 1.17 bits per heavy atom. The molecule has 0 saturated carbocycles. The van der Waals surface area contributed by atoms with Crippen molar-refractivity contribution in [3.05, 3.63) is 23.3 Å². The van der Waals surface area contributed by atoms with Crippen LogP contribution in [0.1, 0.15) is 80.1 Å². The highest BCUT2D eigenvalue weighted by molar-refractivity contribution is 6.07. The molecule has 5 nitrogen and oxygen atoms in total. The maximum Gasteiger partial charge on any atom is 0.323 e. The van der Waals surface area contributed by atoms with Crippen LogP contribution in [0.5, 0.6) is 0 Å². The van der Waals surface area contributed by atoms with E-state index in [1.807, 2.05) is 0 Å². The van der Waals surface area contributed by atoms with E-state index in [0.717, 1.165) is 30.6 Å². The smallest absolute Gasteiger partial charge is 0.323 e. The van der Waals surface area contributed by atoms with Crippen LogP contribution < -0.4 is 0 Å². The van der Waals surface area contributed by atoms with E-state index in [4.69, 9.17) is 5.11 Å². The normalized spacial score (nSPS) is 25.0. The Morgan fingerprint density at radius 2 is 1.79 bits per heavy atom. The molecule has 2 aliphatic rings. The molecule has 3 unspecified atom stereocenters. The minimum atomic E-state index is -1.14. The summed E-state index contributed by atoms with van der Waals surface area (Å²) in [5, 5.41) is 9.01. The zero-order valence-electron chi connectivity index (χ0n) is 18.9. The number of nitrogens with zero attached hydrogens (tertiary/aromatic N) is 1. The van der Waals surface area contributed by atoms with E-state index >= 15 is 0 Å². The van der Waals surface area contributed by atoms with Crippen LogP contribution in [0, 0.1) is 22.7 Å². The molecule has 1 heterocycles. The van der Waals surface area contributed by atoms with Crippen molar-refractivity contribution in [1.29, 1.82) is 0 Å². The van der Waals surface area contributed by atoms with Crippen molar-refractivity contribution < 1.29 is 19.5 Å². The van der Waals surface area contributed by atoms with Gasteiger partial charge in [0.1, 0.15) is 6.54 Å². The summed E-state index contributed by atoms with van der Waals surface area (Å²) in [5.41, 5.74) is 2.86. The van der Waals surface area contributed by atoms with Crippen molar-refractivity contribution in [2.24, 2.45) is 22.7 Å². The van der Waals surface area contributed by atoms with Crippen LogP contribution in [-0.4, -0.2) is 34.3 Å². The highest BCUT2D eigenvalue weighted by atomic mass is 16.4. The van der Waals surface area contributed by atoms with Gasteiger partial charge in [0.2, 0.25) is 11.8 Å². The van der Waals surface area contributed by atoms with Gasteiger partial charge >= 0.3 is 5.97 Å². The Bertz CT molecular complexity index is 733. The Morgan fingerprint density at radius 3 is 2.34 bits per heavy atom. The van der Waals surface area contributed by atoms with E-state index in [1.165, 1.54) is 11.1 Å². The molecule has 5 heteroatoms. The zero-order chi connectivity index (χ0) is 22.0. The van der Waals surface area contributed by atoms with Gasteiger partial charge in [0.25, 0.3) is 0 Å². The van der Waals surface area contributed by atoms with Gasteiger partial charge < -0.3 is 5.11 Å². The van der Waals surface area contributed by atoms with Crippen molar-refractivity contribution in [1.82, 2.24) is 4.90 Å². The SMILES string of the molecule is CCC(C)(CC/C=C(\C)C(C)(C)CC)C1=CCC2C(=O)N(CC(=O)O)C(=O)C2C1. The van der Waals surface area contributed by atoms with Gasteiger partial charge in [-0.25, -0.2) is 0 Å². The molecule has 0 aromatic rings. The number of hydrogen-bond donors (Lipinski definition) is 1. The number of likely N-dealkylation sites (tertiary alicyclic amines) is 1. The number of allylic oxidation sites excluding steroid dienone is 4. The number of imide groups is 1. The number of fused-ring (bicyclic) bond motifs is 1. The van der Waals surface area contributed by atoms with Gasteiger partial charge in [-0.1, -0.05) is 57.9 Å². The van der Waals surface area contributed by atoms with Crippen molar-refractivity contribution in [2.45, 2.75) is 80.1 Å². The van der Waals surface area contributed by atoms with Crippen LogP contribution in [0.3, 0.4) is 0 Å². The molecule has 0 aromatic heterocycles. The molecular formula is C24H37NO4. The lowest BCUT2D eigenvalue weighted by atomic mass is 9.68. The van der Waals surface area contributed by atoms with Crippen molar-refractivity contribution >= 4 is 17.8 Å². The lowest BCUT2D eigenvalue weighted by molar-refractivity contribution is -0.149. The summed E-state index contributed by atoms with van der Waals surface area (Å²) < 4.78 is 0. The lowest BCUT2D eigenvalue weighted by Crippen LogP contribution is -2.35. The fourth-order valence-corrected chi connectivity index (χ4v) is 4.45. The molecule has 0 radical (unpaired) electrons. The van der Waals surface area contributed by atoms with Crippen LogP contribution in [-0.2, 0) is 14.4 Å². The number of aliphatic carboxylic acids is 1. The van der Waals surface area contributed by atoms with E-state index < -0.39 is 18.4 Å². The lowest BCUT2D eigenvalue weighted by Gasteiger charge is -2.36. The maximum absolute atomic E-state index is 12.7. The van der Waals surface area contributed by atoms with E-state index in [-0.39, 0.29) is 28.6 Å². The number of carbonyl (C=O) groups is 3. The summed E-state index contributed by atoms with van der Waals surface area (Å²) in [6.45, 7) is 12.9. The summed E-state index contributed by atoms with van der Waals surface area (Å²) in [4.78, 5) is 37.1. The summed E-state index contributed by atoms with van der Waals surface area (Å²) in [7, 11) is 0. The second kappa shape index (κ2) is 8.85. The number of carboxylic acids is 1. The molecule has 0 aromatic carbocycles. The Kier molecular flexibility index (Phi) is 7.13. The molecular weight excluding hydrogens is 366 g/mol. The van der Waals surface area contributed by atoms with Crippen molar-refractivity contribution in [3.63, 3.8) is 0 Å². The molecule has 1 fully saturated rings. The molecule has 162 valence electrons. The van der Waals surface area contributed by atoms with Gasteiger partial charge in [-0.3, -0.25) is 19.3 Å². The number of hydrogen-bond acceptors (Lipinski definition) is 3.